The number of benzene rings is 1. The Kier molecular flexibility index (Phi) is 2.72. The summed E-state index contributed by atoms with van der Waals surface area (Å²) in [5.41, 5.74) is 11.3. The van der Waals surface area contributed by atoms with E-state index in [-0.39, 0.29) is 0 Å². The average molecular weight is 272 g/mol. The lowest BCUT2D eigenvalue weighted by atomic mass is 10.0. The van der Waals surface area contributed by atoms with Crippen molar-refractivity contribution >= 4 is 23.1 Å². The third kappa shape index (κ3) is 1.96. The summed E-state index contributed by atoms with van der Waals surface area (Å²) in [6.07, 6.45) is 1.78. The van der Waals surface area contributed by atoms with Crippen LogP contribution in [-0.4, -0.2) is 9.38 Å². The predicted octanol–water partition coefficient (Wildman–Crippen LogP) is 3.85. The highest BCUT2D eigenvalue weighted by Gasteiger charge is 2.11. The van der Waals surface area contributed by atoms with Gasteiger partial charge < -0.3 is 5.73 Å². The minimum atomic E-state index is 0.612. The molecule has 4 heteroatoms. The van der Waals surface area contributed by atoms with E-state index in [0.717, 1.165) is 16.9 Å². The first-order valence-electron chi connectivity index (χ1n) is 6.07. The van der Waals surface area contributed by atoms with Crippen LogP contribution in [0.1, 0.15) is 11.1 Å². The van der Waals surface area contributed by atoms with Crippen molar-refractivity contribution < 1.29 is 0 Å². The van der Waals surface area contributed by atoms with E-state index in [0.29, 0.717) is 10.8 Å². The molecular formula is C15H14ClN3. The van der Waals surface area contributed by atoms with Gasteiger partial charge in [0, 0.05) is 11.8 Å². The van der Waals surface area contributed by atoms with Gasteiger partial charge in [-0.15, -0.1) is 0 Å². The standard InChI is InChI=1S/C15H14ClN3/c1-9-3-4-11(7-10(9)2)14-15(17)19-8-12(16)5-6-13(19)18-14/h3-8H,17H2,1-2H3. The Labute approximate surface area is 116 Å². The molecule has 0 saturated carbocycles. The van der Waals surface area contributed by atoms with E-state index in [4.69, 9.17) is 17.3 Å². The maximum Gasteiger partial charge on any atom is 0.139 e. The molecule has 0 fully saturated rings. The first-order chi connectivity index (χ1) is 9.06. The van der Waals surface area contributed by atoms with E-state index < -0.39 is 0 Å². The molecule has 0 unspecified atom stereocenters. The van der Waals surface area contributed by atoms with Crippen LogP contribution in [0, 0.1) is 13.8 Å². The van der Waals surface area contributed by atoms with E-state index >= 15 is 0 Å². The zero-order valence-electron chi connectivity index (χ0n) is 10.8. The minimum Gasteiger partial charge on any atom is -0.383 e. The smallest absolute Gasteiger partial charge is 0.139 e. The van der Waals surface area contributed by atoms with Crippen molar-refractivity contribution in [3.05, 3.63) is 52.7 Å². The molecule has 2 heterocycles. The highest BCUT2D eigenvalue weighted by Crippen LogP contribution is 2.28. The van der Waals surface area contributed by atoms with Gasteiger partial charge in [0.05, 0.1) is 5.02 Å². The molecule has 0 saturated heterocycles. The van der Waals surface area contributed by atoms with Crippen molar-refractivity contribution in [2.75, 3.05) is 5.73 Å². The third-order valence-electron chi connectivity index (χ3n) is 3.40. The van der Waals surface area contributed by atoms with Gasteiger partial charge in [0.1, 0.15) is 17.2 Å². The molecule has 2 N–H and O–H groups in total. The molecule has 0 atom stereocenters. The summed E-state index contributed by atoms with van der Waals surface area (Å²) in [5, 5.41) is 0.642. The monoisotopic (exact) mass is 271 g/mol. The van der Waals surface area contributed by atoms with Crippen LogP contribution in [0.3, 0.4) is 0 Å². The molecular weight excluding hydrogens is 258 g/mol. The molecule has 0 radical (unpaired) electrons. The summed E-state index contributed by atoms with van der Waals surface area (Å²) in [6.45, 7) is 4.17. The summed E-state index contributed by atoms with van der Waals surface area (Å²) in [7, 11) is 0. The number of hydrogen-bond acceptors (Lipinski definition) is 2. The zero-order chi connectivity index (χ0) is 13.6. The lowest BCUT2D eigenvalue weighted by Crippen LogP contribution is -1.94. The molecule has 19 heavy (non-hydrogen) atoms. The van der Waals surface area contributed by atoms with Crippen LogP contribution in [-0.2, 0) is 0 Å². The topological polar surface area (TPSA) is 43.3 Å². The molecule has 0 bridgehead atoms. The van der Waals surface area contributed by atoms with E-state index in [2.05, 4.69) is 31.0 Å². The second-order valence-corrected chi connectivity index (χ2v) is 5.16. The van der Waals surface area contributed by atoms with Gasteiger partial charge in [-0.2, -0.15) is 0 Å². The summed E-state index contributed by atoms with van der Waals surface area (Å²) < 4.78 is 1.81. The number of nitrogens with two attached hydrogens (primary N) is 1. The highest BCUT2D eigenvalue weighted by molar-refractivity contribution is 6.30. The van der Waals surface area contributed by atoms with Crippen molar-refractivity contribution in [3.8, 4) is 11.3 Å². The maximum absolute atomic E-state index is 6.17. The second kappa shape index (κ2) is 4.28. The van der Waals surface area contributed by atoms with Crippen LogP contribution >= 0.6 is 11.6 Å². The number of aryl methyl sites for hydroxylation is 2. The molecule has 3 aromatic rings. The van der Waals surface area contributed by atoms with Crippen LogP contribution in [0.15, 0.2) is 36.5 Å². The number of pyridine rings is 1. The van der Waals surface area contributed by atoms with Crippen LogP contribution in [0.5, 0.6) is 0 Å². The number of hydrogen-bond donors (Lipinski definition) is 1. The number of aromatic nitrogens is 2. The highest BCUT2D eigenvalue weighted by atomic mass is 35.5. The van der Waals surface area contributed by atoms with Gasteiger partial charge in [0.2, 0.25) is 0 Å². The summed E-state index contributed by atoms with van der Waals surface area (Å²) >= 11 is 5.99. The average Bonchev–Trinajstić information content (AvgIpc) is 2.70. The van der Waals surface area contributed by atoms with Gasteiger partial charge in [-0.1, -0.05) is 23.7 Å². The lowest BCUT2D eigenvalue weighted by Gasteiger charge is -2.03. The minimum absolute atomic E-state index is 0.612. The van der Waals surface area contributed by atoms with Gasteiger partial charge in [0.15, 0.2) is 0 Å². The molecule has 0 aliphatic carbocycles. The van der Waals surface area contributed by atoms with Crippen molar-refractivity contribution in [3.63, 3.8) is 0 Å². The number of imidazole rings is 1. The molecule has 2 aromatic heterocycles. The largest absolute Gasteiger partial charge is 0.383 e. The van der Waals surface area contributed by atoms with E-state index in [9.17, 15) is 0 Å². The number of anilines is 1. The molecule has 0 aliphatic rings. The third-order valence-corrected chi connectivity index (χ3v) is 3.62. The van der Waals surface area contributed by atoms with Crippen molar-refractivity contribution in [1.29, 1.82) is 0 Å². The number of rotatable bonds is 1. The molecule has 0 aliphatic heterocycles. The number of nitrogen functional groups attached to an aromatic ring is 1. The summed E-state index contributed by atoms with van der Waals surface area (Å²) in [5.74, 6) is 0.612. The Morgan fingerprint density at radius 1 is 1.11 bits per heavy atom. The Morgan fingerprint density at radius 2 is 1.89 bits per heavy atom. The van der Waals surface area contributed by atoms with Crippen LogP contribution < -0.4 is 5.73 Å². The molecule has 0 amide bonds. The molecule has 3 nitrogen and oxygen atoms in total. The lowest BCUT2D eigenvalue weighted by molar-refractivity contribution is 1.20. The summed E-state index contributed by atoms with van der Waals surface area (Å²) in [6, 6.07) is 9.91. The second-order valence-electron chi connectivity index (χ2n) is 4.72. The fourth-order valence-corrected chi connectivity index (χ4v) is 2.30. The number of nitrogens with zero attached hydrogens (tertiary/aromatic N) is 2. The summed E-state index contributed by atoms with van der Waals surface area (Å²) in [4.78, 5) is 4.57. The SMILES string of the molecule is Cc1ccc(-c2nc3ccc(Cl)cn3c2N)cc1C. The van der Waals surface area contributed by atoms with Crippen molar-refractivity contribution in [1.82, 2.24) is 9.38 Å². The van der Waals surface area contributed by atoms with Gasteiger partial charge in [-0.25, -0.2) is 4.98 Å². The molecule has 1 aromatic carbocycles. The quantitative estimate of drug-likeness (QED) is 0.730. The number of halogens is 1. The fourth-order valence-electron chi connectivity index (χ4n) is 2.14. The van der Waals surface area contributed by atoms with E-state index in [1.165, 1.54) is 11.1 Å². The normalized spacial score (nSPS) is 11.1. The first kappa shape index (κ1) is 12.1. The van der Waals surface area contributed by atoms with Crippen LogP contribution in [0.4, 0.5) is 5.82 Å². The first-order valence-corrected chi connectivity index (χ1v) is 6.45. The molecule has 3 rings (SSSR count). The van der Waals surface area contributed by atoms with Crippen molar-refractivity contribution in [2.45, 2.75) is 13.8 Å². The molecule has 0 spiro atoms. The van der Waals surface area contributed by atoms with Crippen LogP contribution in [0.25, 0.3) is 16.9 Å². The maximum atomic E-state index is 6.17. The van der Waals surface area contributed by atoms with Gasteiger partial charge in [-0.05, 0) is 43.2 Å². The Morgan fingerprint density at radius 3 is 2.63 bits per heavy atom. The zero-order valence-corrected chi connectivity index (χ0v) is 11.6. The fraction of sp³-hybridized carbons (Fsp3) is 0.133. The Bertz CT molecular complexity index is 774. The molecule has 96 valence electrons. The van der Waals surface area contributed by atoms with Gasteiger partial charge >= 0.3 is 0 Å². The van der Waals surface area contributed by atoms with Gasteiger partial charge in [-0.3, -0.25) is 4.40 Å². The Balaban J connectivity index is 2.24. The van der Waals surface area contributed by atoms with Crippen molar-refractivity contribution in [2.24, 2.45) is 0 Å². The predicted molar refractivity (Wildman–Crippen MR) is 79.5 cm³/mol. The number of fused-ring (bicyclic) bond motifs is 1. The van der Waals surface area contributed by atoms with Gasteiger partial charge in [0.25, 0.3) is 0 Å². The van der Waals surface area contributed by atoms with E-state index in [1.807, 2.05) is 22.6 Å². The Hall–Kier alpha value is -2.00. The van der Waals surface area contributed by atoms with E-state index in [1.54, 1.807) is 6.20 Å². The van der Waals surface area contributed by atoms with Crippen LogP contribution in [0.2, 0.25) is 5.02 Å².